The summed E-state index contributed by atoms with van der Waals surface area (Å²) in [6.07, 6.45) is 8.15. The lowest BCUT2D eigenvalue weighted by Gasteiger charge is -2.35. The summed E-state index contributed by atoms with van der Waals surface area (Å²) in [4.78, 5) is 223. The van der Waals surface area contributed by atoms with Crippen LogP contribution in [0.25, 0.3) is 0 Å². The van der Waals surface area contributed by atoms with Gasteiger partial charge in [0.05, 0.1) is 19.8 Å². The lowest BCUT2D eigenvalue weighted by Crippen LogP contribution is -2.65. The van der Waals surface area contributed by atoms with Crippen molar-refractivity contribution < 1.29 is 86.9 Å². The number of amides is 16. The second kappa shape index (κ2) is 48.0. The number of allylic oxidation sites excluding steroid dienone is 2. The van der Waals surface area contributed by atoms with Gasteiger partial charge >= 0.3 is 0 Å². The normalized spacial score (nSPS) is 22.3. The monoisotopic (exact) mass is 1540 g/mol. The molecule has 34 nitrogen and oxygen atoms in total. The van der Waals surface area contributed by atoms with Gasteiger partial charge in [-0.15, -0.1) is 0 Å². The Labute approximate surface area is 642 Å². The van der Waals surface area contributed by atoms with Gasteiger partial charge < -0.3 is 95.7 Å². The first-order valence-electron chi connectivity index (χ1n) is 38.8. The molecule has 0 aromatic carbocycles. The van der Waals surface area contributed by atoms with Crippen molar-refractivity contribution in [2.45, 2.75) is 310 Å². The van der Waals surface area contributed by atoms with Crippen LogP contribution >= 0.6 is 0 Å². The predicted molar refractivity (Wildman–Crippen MR) is 406 cm³/mol. The van der Waals surface area contributed by atoms with E-state index in [0.717, 1.165) is 6.42 Å². The number of nitrogens with zero attached hydrogens (tertiary/aromatic N) is 1. The maximum absolute atomic E-state index is 14.8. The molecule has 618 valence electrons. The number of hydrogen-bond donors (Lipinski definition) is 17. The summed E-state index contributed by atoms with van der Waals surface area (Å²) in [6.45, 7) is 22.8. The minimum absolute atomic E-state index is 0.0904. The van der Waals surface area contributed by atoms with Crippen molar-refractivity contribution in [2.75, 3.05) is 26.3 Å². The van der Waals surface area contributed by atoms with Crippen molar-refractivity contribution in [3.8, 4) is 0 Å². The number of unbranched alkanes of at least 4 members (excludes halogenated alkanes) is 2. The average molecular weight is 1540 g/mol. The van der Waals surface area contributed by atoms with E-state index in [1.54, 1.807) is 53.7 Å². The van der Waals surface area contributed by atoms with Gasteiger partial charge in [0, 0.05) is 19.9 Å². The van der Waals surface area contributed by atoms with Gasteiger partial charge in [-0.2, -0.15) is 0 Å². The number of nitrogens with one attached hydrogen (secondary N) is 13. The van der Waals surface area contributed by atoms with Crippen LogP contribution in [0, 0.1) is 29.6 Å². The first-order chi connectivity index (χ1) is 51.2. The molecule has 2 aliphatic rings. The molecule has 19 N–H and O–H groups in total. The SMILES string of the molecule is CCCC[C@@H](NC(=O)[C@H](CC(C)C)NC(=O)[C@@H](CCCC)NC(=O)[C@H](CO)NC(=O)[C@@H](NC(=O)CNC(=O)C1(C)CCCC=CCCC[C@@](C)(NC(=O)[C@@H](NC(=O)[C@H](CC(C)C)NC(=O)[C@@H]2CCCN2C(C)=O)[C@@H](C)CC)C(=O)N[C@@H](CCC(N)=O)C(=O)N[C@@H](CO)C(=O)N[C@@H](C(C)C)C(=O)N1)[C@@H](C)CC)C(N)=O. The van der Waals surface area contributed by atoms with Crippen LogP contribution in [0.3, 0.4) is 0 Å². The molecule has 0 aliphatic carbocycles. The van der Waals surface area contributed by atoms with E-state index in [1.807, 2.05) is 41.5 Å². The van der Waals surface area contributed by atoms with Crippen molar-refractivity contribution >= 4 is 94.5 Å². The third kappa shape index (κ3) is 32.3. The summed E-state index contributed by atoms with van der Waals surface area (Å²) in [5.41, 5.74) is 7.38. The Hall–Kier alpha value is -8.82. The van der Waals surface area contributed by atoms with Gasteiger partial charge in [0.15, 0.2) is 0 Å². The highest BCUT2D eigenvalue weighted by atomic mass is 16.3. The van der Waals surface area contributed by atoms with Gasteiger partial charge in [0.1, 0.15) is 77.5 Å². The van der Waals surface area contributed by atoms with Crippen LogP contribution in [0.4, 0.5) is 0 Å². The Morgan fingerprint density at radius 3 is 1.61 bits per heavy atom. The number of rotatable bonds is 39. The van der Waals surface area contributed by atoms with Gasteiger partial charge in [-0.25, -0.2) is 0 Å². The molecule has 109 heavy (non-hydrogen) atoms. The molecule has 0 bridgehead atoms. The number of hydrogen-bond acceptors (Lipinski definition) is 18. The van der Waals surface area contributed by atoms with Crippen LogP contribution in [-0.4, -0.2) is 213 Å². The predicted octanol–water partition coefficient (Wildman–Crippen LogP) is -0.422. The van der Waals surface area contributed by atoms with Crippen LogP contribution in [-0.2, 0) is 76.7 Å². The Morgan fingerprint density at radius 2 is 1.09 bits per heavy atom. The molecule has 1 saturated heterocycles. The molecule has 0 saturated carbocycles. The van der Waals surface area contributed by atoms with E-state index < -0.39 is 216 Å². The van der Waals surface area contributed by atoms with Gasteiger partial charge in [-0.3, -0.25) is 76.7 Å². The zero-order valence-corrected chi connectivity index (χ0v) is 66.9. The van der Waals surface area contributed by atoms with Crippen molar-refractivity contribution in [3.63, 3.8) is 0 Å². The van der Waals surface area contributed by atoms with E-state index in [4.69, 9.17) is 11.5 Å². The van der Waals surface area contributed by atoms with Crippen LogP contribution in [0.2, 0.25) is 0 Å². The standard InChI is InChI=1S/C75H130N16O18/c1-16-20-29-48(61(77)97)79-64(100)51(37-42(5)6)81-62(98)49(30-21-17-2)80-66(102)53(40-92)84-69(105)59(45(11)18-3)86-57(96)39-78-72(108)74(14)34-26-24-22-23-25-27-35-75(15,73(109)85-50(32-33-56(76)95)63(99)83-54(41-93)67(103)87-58(44(9)10)70(106)89-74)90-71(107)60(46(12)19-4)88-65(101)52(38-43(7)8)82-68(104)55-31-28-36-91(55)47(13)94/h22-23,42-46,48-55,58-60,92-93H,16-21,24-41H2,1-15H3,(H2,76,95)(H2,77,97)(H,78,108)(H,79,100)(H,80,102)(H,81,98)(H,82,104)(H,83,99)(H,84,105)(H,85,109)(H,86,96)(H,87,103)(H,88,101)(H,89,106)(H,90,107)/t45-,46-,48+,49+,50-,51-,52-,53-,54-,55-,58-,59-,60-,74?,75+/m0/s1. The van der Waals surface area contributed by atoms with Crippen LogP contribution in [0.5, 0.6) is 0 Å². The van der Waals surface area contributed by atoms with Crippen LogP contribution in [0.1, 0.15) is 232 Å². The minimum Gasteiger partial charge on any atom is -0.394 e. The van der Waals surface area contributed by atoms with Gasteiger partial charge in [0.25, 0.3) is 0 Å². The Morgan fingerprint density at radius 1 is 0.587 bits per heavy atom. The molecule has 0 radical (unpaired) electrons. The first-order valence-corrected chi connectivity index (χ1v) is 38.8. The zero-order chi connectivity index (χ0) is 82.6. The Kier molecular flexibility index (Phi) is 42.4. The summed E-state index contributed by atoms with van der Waals surface area (Å²) in [5.74, 6) is -15.1. The van der Waals surface area contributed by atoms with Crippen LogP contribution in [0.15, 0.2) is 12.2 Å². The quantitative estimate of drug-likeness (QED) is 0.0348. The van der Waals surface area contributed by atoms with Gasteiger partial charge in [-0.05, 0) is 127 Å². The molecule has 2 aliphatic heterocycles. The number of nitrogens with two attached hydrogens (primary N) is 2. The Balaban J connectivity index is 2.54. The molecular formula is C75H130N16O18. The third-order valence-electron chi connectivity index (χ3n) is 19.9. The average Bonchev–Trinajstić information content (AvgIpc) is 1.11. The number of carbonyl (C=O) groups excluding carboxylic acids is 16. The summed E-state index contributed by atoms with van der Waals surface area (Å²) < 4.78 is 0. The van der Waals surface area contributed by atoms with E-state index in [-0.39, 0.29) is 82.0 Å². The summed E-state index contributed by atoms with van der Waals surface area (Å²) in [5, 5.41) is 55.4. The molecule has 2 rings (SSSR count). The van der Waals surface area contributed by atoms with E-state index in [1.165, 1.54) is 25.7 Å². The van der Waals surface area contributed by atoms with Crippen molar-refractivity contribution in [1.29, 1.82) is 0 Å². The largest absolute Gasteiger partial charge is 0.394 e. The van der Waals surface area contributed by atoms with Crippen LogP contribution < -0.4 is 80.6 Å². The highest BCUT2D eigenvalue weighted by molar-refractivity contribution is 6.01. The maximum Gasteiger partial charge on any atom is 0.246 e. The molecular weight excluding hydrogens is 1410 g/mol. The first kappa shape index (κ1) is 96.3. The maximum atomic E-state index is 14.8. The summed E-state index contributed by atoms with van der Waals surface area (Å²) in [6, 6.07) is -14.5. The smallest absolute Gasteiger partial charge is 0.246 e. The van der Waals surface area contributed by atoms with Gasteiger partial charge in [0.2, 0.25) is 94.5 Å². The molecule has 15 atom stereocenters. The van der Waals surface area contributed by atoms with Crippen molar-refractivity contribution in [1.82, 2.24) is 74.0 Å². The van der Waals surface area contributed by atoms with Gasteiger partial charge in [-0.1, -0.05) is 134 Å². The van der Waals surface area contributed by atoms with E-state index in [2.05, 4.69) is 69.1 Å². The molecule has 16 amide bonds. The molecule has 0 spiro atoms. The second-order valence-electron chi connectivity index (χ2n) is 30.7. The lowest BCUT2D eigenvalue weighted by atomic mass is 9.90. The summed E-state index contributed by atoms with van der Waals surface area (Å²) in [7, 11) is 0. The molecule has 2 heterocycles. The fraction of sp³-hybridized carbons (Fsp3) is 0.760. The minimum atomic E-state index is -1.88. The molecule has 1 unspecified atom stereocenters. The highest BCUT2D eigenvalue weighted by Gasteiger charge is 2.44. The molecule has 0 aromatic heterocycles. The fourth-order valence-electron chi connectivity index (χ4n) is 12.6. The van der Waals surface area contributed by atoms with Crippen molar-refractivity contribution in [3.05, 3.63) is 12.2 Å². The molecule has 0 aromatic rings. The molecule has 34 heteroatoms. The molecule has 1 fully saturated rings. The highest BCUT2D eigenvalue weighted by Crippen LogP contribution is 2.23. The Bertz CT molecular complexity index is 3130. The van der Waals surface area contributed by atoms with E-state index in [0.29, 0.717) is 51.5 Å². The zero-order valence-electron chi connectivity index (χ0n) is 66.9. The number of likely N-dealkylation sites (tertiary alicyclic amines) is 1. The topological polar surface area (TPSA) is 525 Å². The third-order valence-corrected chi connectivity index (χ3v) is 19.9. The number of carbonyl (C=O) groups is 16. The fourth-order valence-corrected chi connectivity index (χ4v) is 12.6. The van der Waals surface area contributed by atoms with E-state index in [9.17, 15) is 86.9 Å². The number of aliphatic hydroxyl groups excluding tert-OH is 2. The number of primary amides is 2. The number of aliphatic hydroxyl groups is 2. The second-order valence-corrected chi connectivity index (χ2v) is 30.7. The summed E-state index contributed by atoms with van der Waals surface area (Å²) >= 11 is 0. The van der Waals surface area contributed by atoms with Crippen molar-refractivity contribution in [2.24, 2.45) is 41.1 Å². The van der Waals surface area contributed by atoms with E-state index >= 15 is 0 Å². The lowest BCUT2D eigenvalue weighted by molar-refractivity contribution is -0.140.